The number of phenols is 2. The van der Waals surface area contributed by atoms with E-state index < -0.39 is 17.6 Å². The second kappa shape index (κ2) is 8.66. The van der Waals surface area contributed by atoms with Crippen LogP contribution in [0.4, 0.5) is 0 Å². The topological polar surface area (TPSA) is 140 Å². The molecule has 0 amide bonds. The SMILES string of the molecule is COc1cc(C[C@@]2(O)CO[C@H](c3ccc(O)c(OC)c3)[C@H]2CO)ccc1O.O. The zero-order chi connectivity index (χ0) is 19.6. The molecule has 3 atom stereocenters. The van der Waals surface area contributed by atoms with Crippen molar-refractivity contribution >= 4 is 0 Å². The fourth-order valence-electron chi connectivity index (χ4n) is 3.57. The summed E-state index contributed by atoms with van der Waals surface area (Å²) in [5.74, 6) is 0.0587. The summed E-state index contributed by atoms with van der Waals surface area (Å²) in [5, 5.41) is 40.6. The average molecular weight is 394 g/mol. The molecule has 1 saturated heterocycles. The van der Waals surface area contributed by atoms with Gasteiger partial charge in [0.25, 0.3) is 0 Å². The Morgan fingerprint density at radius 1 is 1.04 bits per heavy atom. The zero-order valence-corrected chi connectivity index (χ0v) is 15.8. The molecule has 1 aliphatic rings. The van der Waals surface area contributed by atoms with E-state index in [1.807, 2.05) is 0 Å². The molecular weight excluding hydrogens is 368 g/mol. The van der Waals surface area contributed by atoms with Gasteiger partial charge in [0.2, 0.25) is 0 Å². The highest BCUT2D eigenvalue weighted by molar-refractivity contribution is 5.44. The van der Waals surface area contributed by atoms with Gasteiger partial charge in [-0.2, -0.15) is 0 Å². The molecule has 0 aromatic heterocycles. The van der Waals surface area contributed by atoms with Crippen LogP contribution in [0, 0.1) is 5.92 Å². The highest BCUT2D eigenvalue weighted by Gasteiger charge is 2.49. The van der Waals surface area contributed by atoms with Gasteiger partial charge in [0.15, 0.2) is 23.0 Å². The predicted molar refractivity (Wildman–Crippen MR) is 101 cm³/mol. The van der Waals surface area contributed by atoms with Gasteiger partial charge in [-0.15, -0.1) is 0 Å². The van der Waals surface area contributed by atoms with Crippen molar-refractivity contribution in [2.24, 2.45) is 5.92 Å². The molecule has 6 N–H and O–H groups in total. The van der Waals surface area contributed by atoms with Gasteiger partial charge in [0, 0.05) is 12.3 Å². The Balaban J connectivity index is 0.00000280. The lowest BCUT2D eigenvalue weighted by Gasteiger charge is -2.29. The van der Waals surface area contributed by atoms with Crippen molar-refractivity contribution in [1.82, 2.24) is 0 Å². The van der Waals surface area contributed by atoms with Crippen molar-refractivity contribution in [3.63, 3.8) is 0 Å². The number of hydrogen-bond acceptors (Lipinski definition) is 7. The van der Waals surface area contributed by atoms with E-state index in [4.69, 9.17) is 14.2 Å². The molecule has 0 radical (unpaired) electrons. The number of aromatic hydroxyl groups is 2. The first kappa shape index (κ1) is 21.8. The van der Waals surface area contributed by atoms with Gasteiger partial charge in [-0.05, 0) is 35.4 Å². The molecule has 0 saturated carbocycles. The molecule has 0 unspecified atom stereocenters. The Morgan fingerprint density at radius 3 is 2.25 bits per heavy atom. The summed E-state index contributed by atoms with van der Waals surface area (Å²) in [7, 11) is 2.91. The van der Waals surface area contributed by atoms with Crippen LogP contribution in [0.1, 0.15) is 17.2 Å². The van der Waals surface area contributed by atoms with E-state index in [0.29, 0.717) is 17.1 Å². The smallest absolute Gasteiger partial charge is 0.160 e. The third-order valence-corrected chi connectivity index (χ3v) is 5.05. The van der Waals surface area contributed by atoms with Crippen molar-refractivity contribution in [2.75, 3.05) is 27.4 Å². The molecule has 8 heteroatoms. The quantitative estimate of drug-likeness (QED) is 0.572. The first-order chi connectivity index (χ1) is 12.9. The van der Waals surface area contributed by atoms with Crippen LogP contribution >= 0.6 is 0 Å². The Bertz CT molecular complexity index is 809. The normalized spacial score (nSPS) is 23.9. The van der Waals surface area contributed by atoms with Crippen LogP contribution in [0.25, 0.3) is 0 Å². The molecule has 0 bridgehead atoms. The molecule has 28 heavy (non-hydrogen) atoms. The number of ether oxygens (including phenoxy) is 3. The van der Waals surface area contributed by atoms with E-state index in [1.54, 1.807) is 24.3 Å². The predicted octanol–water partition coefficient (Wildman–Crippen LogP) is 0.944. The highest BCUT2D eigenvalue weighted by atomic mass is 16.5. The number of benzene rings is 2. The van der Waals surface area contributed by atoms with Gasteiger partial charge >= 0.3 is 0 Å². The first-order valence-electron chi connectivity index (χ1n) is 8.59. The largest absolute Gasteiger partial charge is 0.504 e. The molecule has 154 valence electrons. The number of phenolic OH excluding ortho intramolecular Hbond substituents is 2. The molecule has 2 aromatic carbocycles. The van der Waals surface area contributed by atoms with E-state index in [1.165, 1.54) is 26.4 Å². The molecular formula is C20H26O8. The number of hydrogen-bond donors (Lipinski definition) is 4. The van der Waals surface area contributed by atoms with Crippen molar-refractivity contribution < 1.29 is 40.1 Å². The first-order valence-corrected chi connectivity index (χ1v) is 8.59. The van der Waals surface area contributed by atoms with Crippen molar-refractivity contribution in [3.8, 4) is 23.0 Å². The second-order valence-corrected chi connectivity index (χ2v) is 6.74. The third-order valence-electron chi connectivity index (χ3n) is 5.05. The lowest BCUT2D eigenvalue weighted by Crippen LogP contribution is -2.41. The van der Waals surface area contributed by atoms with Gasteiger partial charge in [-0.3, -0.25) is 0 Å². The summed E-state index contributed by atoms with van der Waals surface area (Å²) in [6, 6.07) is 9.66. The van der Waals surface area contributed by atoms with E-state index in [0.717, 1.165) is 5.56 Å². The van der Waals surface area contributed by atoms with E-state index in [2.05, 4.69) is 0 Å². The van der Waals surface area contributed by atoms with Gasteiger partial charge < -0.3 is 40.1 Å². The highest BCUT2D eigenvalue weighted by Crippen LogP contribution is 2.44. The standard InChI is InChI=1S/C20H24O7.H2O/c1-25-17-7-12(3-5-15(17)22)9-20(24)11-27-19(14(20)10-21)13-4-6-16(23)18(8-13)26-2;/h3-8,14,19,21-24H,9-11H2,1-2H3;1H2/t14-,19-,20-;/m1./s1. The Morgan fingerprint density at radius 2 is 1.64 bits per heavy atom. The minimum absolute atomic E-state index is 0. The number of aliphatic hydroxyl groups excluding tert-OH is 1. The maximum atomic E-state index is 11.2. The minimum Gasteiger partial charge on any atom is -0.504 e. The van der Waals surface area contributed by atoms with Crippen molar-refractivity contribution in [1.29, 1.82) is 0 Å². The lowest BCUT2D eigenvalue weighted by atomic mass is 9.80. The van der Waals surface area contributed by atoms with E-state index in [-0.39, 0.29) is 36.6 Å². The summed E-state index contributed by atoms with van der Waals surface area (Å²) in [6.45, 7) is -0.241. The molecule has 1 aliphatic heterocycles. The molecule has 1 fully saturated rings. The zero-order valence-electron chi connectivity index (χ0n) is 15.8. The molecule has 0 spiro atoms. The van der Waals surface area contributed by atoms with Crippen LogP contribution in [0.5, 0.6) is 23.0 Å². The summed E-state index contributed by atoms with van der Waals surface area (Å²) < 4.78 is 16.1. The maximum Gasteiger partial charge on any atom is 0.160 e. The number of rotatable bonds is 6. The Labute approximate surface area is 162 Å². The molecule has 3 rings (SSSR count). The molecule has 2 aromatic rings. The molecule has 0 aliphatic carbocycles. The monoisotopic (exact) mass is 394 g/mol. The number of aliphatic hydroxyl groups is 2. The fourth-order valence-corrected chi connectivity index (χ4v) is 3.57. The molecule has 1 heterocycles. The van der Waals surface area contributed by atoms with E-state index >= 15 is 0 Å². The fraction of sp³-hybridized carbons (Fsp3) is 0.400. The van der Waals surface area contributed by atoms with Gasteiger partial charge in [0.05, 0.1) is 39.1 Å². The summed E-state index contributed by atoms with van der Waals surface area (Å²) >= 11 is 0. The summed E-state index contributed by atoms with van der Waals surface area (Å²) in [5.41, 5.74) is 0.146. The van der Waals surface area contributed by atoms with Crippen LogP contribution in [-0.4, -0.2) is 58.9 Å². The van der Waals surface area contributed by atoms with E-state index in [9.17, 15) is 20.4 Å². The van der Waals surface area contributed by atoms with Gasteiger partial charge in [0.1, 0.15) is 0 Å². The van der Waals surface area contributed by atoms with Crippen LogP contribution in [-0.2, 0) is 11.2 Å². The van der Waals surface area contributed by atoms with Crippen molar-refractivity contribution in [3.05, 3.63) is 47.5 Å². The third kappa shape index (κ3) is 4.00. The summed E-state index contributed by atoms with van der Waals surface area (Å²) in [4.78, 5) is 0. The maximum absolute atomic E-state index is 11.2. The lowest BCUT2D eigenvalue weighted by molar-refractivity contribution is -0.0150. The van der Waals surface area contributed by atoms with Gasteiger partial charge in [-0.1, -0.05) is 12.1 Å². The van der Waals surface area contributed by atoms with Crippen LogP contribution in [0.15, 0.2) is 36.4 Å². The minimum atomic E-state index is -1.30. The van der Waals surface area contributed by atoms with Crippen LogP contribution in [0.2, 0.25) is 0 Å². The summed E-state index contributed by atoms with van der Waals surface area (Å²) in [6.07, 6.45) is -0.325. The second-order valence-electron chi connectivity index (χ2n) is 6.74. The average Bonchev–Trinajstić information content (AvgIpc) is 2.99. The van der Waals surface area contributed by atoms with Crippen molar-refractivity contribution in [2.45, 2.75) is 18.1 Å². The van der Waals surface area contributed by atoms with Crippen LogP contribution < -0.4 is 9.47 Å². The number of methoxy groups -OCH3 is 2. The van der Waals surface area contributed by atoms with Gasteiger partial charge in [-0.25, -0.2) is 0 Å². The Kier molecular flexibility index (Phi) is 6.73. The van der Waals surface area contributed by atoms with Crippen LogP contribution in [0.3, 0.4) is 0 Å². The Hall–Kier alpha value is -2.52. The molecule has 8 nitrogen and oxygen atoms in total.